The van der Waals surface area contributed by atoms with E-state index >= 15 is 0 Å². The number of hydrogen-bond donors (Lipinski definition) is 0. The van der Waals surface area contributed by atoms with Crippen LogP contribution in [-0.2, 0) is 6.54 Å². The molecule has 1 aromatic heterocycles. The fourth-order valence-electron chi connectivity index (χ4n) is 2.73. The second-order valence-electron chi connectivity index (χ2n) is 5.84. The smallest absolute Gasteiger partial charge is 0.273 e. The molecule has 3 nitrogen and oxygen atoms in total. The summed E-state index contributed by atoms with van der Waals surface area (Å²) >= 11 is 17.9. The van der Waals surface area contributed by atoms with Crippen LogP contribution in [0.15, 0.2) is 42.5 Å². The maximum Gasteiger partial charge on any atom is 0.273 e. The summed E-state index contributed by atoms with van der Waals surface area (Å²) in [6.07, 6.45) is 0. The van der Waals surface area contributed by atoms with Gasteiger partial charge in [0, 0.05) is 21.2 Å². The van der Waals surface area contributed by atoms with Crippen LogP contribution in [0, 0.1) is 13.8 Å². The molecule has 128 valence electrons. The summed E-state index contributed by atoms with van der Waals surface area (Å²) in [5.74, 6) is 0. The molecule has 0 saturated carbocycles. The van der Waals surface area contributed by atoms with E-state index in [1.807, 2.05) is 44.2 Å². The molecule has 0 N–H and O–H groups in total. The van der Waals surface area contributed by atoms with E-state index in [2.05, 4.69) is 5.10 Å². The van der Waals surface area contributed by atoms with E-state index in [1.54, 1.807) is 16.8 Å². The quantitative estimate of drug-likeness (QED) is 0.517. The van der Waals surface area contributed by atoms with Crippen LogP contribution in [0.5, 0.6) is 0 Å². The van der Waals surface area contributed by atoms with Gasteiger partial charge >= 0.3 is 0 Å². The fourth-order valence-corrected chi connectivity index (χ4v) is 3.24. The second kappa shape index (κ2) is 7.20. The van der Waals surface area contributed by atoms with E-state index in [9.17, 15) is 4.79 Å². The van der Waals surface area contributed by atoms with Crippen molar-refractivity contribution < 1.29 is 4.79 Å². The Morgan fingerprint density at radius 3 is 2.36 bits per heavy atom. The van der Waals surface area contributed by atoms with Crippen molar-refractivity contribution in [1.29, 1.82) is 0 Å². The van der Waals surface area contributed by atoms with Crippen molar-refractivity contribution in [3.63, 3.8) is 0 Å². The largest absolute Gasteiger partial charge is 0.274 e. The van der Waals surface area contributed by atoms with Crippen molar-refractivity contribution in [2.45, 2.75) is 20.4 Å². The monoisotopic (exact) mass is 392 g/mol. The van der Waals surface area contributed by atoms with Gasteiger partial charge in [0.05, 0.1) is 12.2 Å². The molecule has 0 fully saturated rings. The average molecular weight is 394 g/mol. The molecule has 0 aliphatic heterocycles. The van der Waals surface area contributed by atoms with Gasteiger partial charge in [-0.25, -0.2) is 0 Å². The molecule has 25 heavy (non-hydrogen) atoms. The molecule has 3 aromatic rings. The topological polar surface area (TPSA) is 34.9 Å². The molecule has 0 aliphatic rings. The first-order chi connectivity index (χ1) is 11.9. The van der Waals surface area contributed by atoms with Crippen LogP contribution in [-0.4, -0.2) is 15.0 Å². The van der Waals surface area contributed by atoms with E-state index < -0.39 is 5.24 Å². The van der Waals surface area contributed by atoms with Gasteiger partial charge in [0.1, 0.15) is 5.69 Å². The lowest BCUT2D eigenvalue weighted by atomic mass is 10.1. The van der Waals surface area contributed by atoms with Gasteiger partial charge in [-0.2, -0.15) is 5.10 Å². The number of halogens is 3. The van der Waals surface area contributed by atoms with Crippen LogP contribution in [0.1, 0.15) is 27.2 Å². The van der Waals surface area contributed by atoms with Gasteiger partial charge < -0.3 is 0 Å². The van der Waals surface area contributed by atoms with Crippen molar-refractivity contribution in [2.24, 2.45) is 0 Å². The lowest BCUT2D eigenvalue weighted by molar-refractivity contribution is 0.107. The number of benzene rings is 2. The van der Waals surface area contributed by atoms with Crippen molar-refractivity contribution in [3.8, 4) is 11.3 Å². The normalized spacial score (nSPS) is 10.9. The number of carbonyl (C=O) groups is 1. The van der Waals surface area contributed by atoms with Crippen LogP contribution in [0.3, 0.4) is 0 Å². The average Bonchev–Trinajstić information content (AvgIpc) is 2.88. The van der Waals surface area contributed by atoms with Crippen molar-refractivity contribution >= 4 is 40.0 Å². The number of aromatic nitrogens is 2. The lowest BCUT2D eigenvalue weighted by Crippen LogP contribution is -2.05. The van der Waals surface area contributed by atoms with E-state index in [4.69, 9.17) is 34.8 Å². The Balaban J connectivity index is 2.11. The summed E-state index contributed by atoms with van der Waals surface area (Å²) < 4.78 is 1.77. The predicted molar refractivity (Wildman–Crippen MR) is 103 cm³/mol. The highest BCUT2D eigenvalue weighted by atomic mass is 35.5. The molecule has 6 heteroatoms. The second-order valence-corrected chi connectivity index (χ2v) is 7.03. The summed E-state index contributed by atoms with van der Waals surface area (Å²) in [6.45, 7) is 4.27. The van der Waals surface area contributed by atoms with E-state index in [0.717, 1.165) is 27.9 Å². The van der Waals surface area contributed by atoms with Crippen molar-refractivity contribution in [2.75, 3.05) is 0 Å². The zero-order valence-electron chi connectivity index (χ0n) is 13.7. The van der Waals surface area contributed by atoms with E-state index in [-0.39, 0.29) is 5.69 Å². The highest BCUT2D eigenvalue weighted by molar-refractivity contribution is 6.67. The first kappa shape index (κ1) is 18.0. The highest BCUT2D eigenvalue weighted by Crippen LogP contribution is 2.29. The minimum atomic E-state index is -0.576. The van der Waals surface area contributed by atoms with Crippen molar-refractivity contribution in [3.05, 3.63) is 74.9 Å². The Hall–Kier alpha value is -1.81. The summed E-state index contributed by atoms with van der Waals surface area (Å²) in [5.41, 5.74) is 4.73. The van der Waals surface area contributed by atoms with Gasteiger partial charge in [-0.1, -0.05) is 47.5 Å². The van der Waals surface area contributed by atoms with Gasteiger partial charge in [0.25, 0.3) is 5.24 Å². The Kier molecular flexibility index (Phi) is 5.19. The standard InChI is InChI=1S/C19H15Cl3N2O/c1-11-3-4-13(9-16(11)21)10-24-18(12(2)17(23-24)19(22)25)14-5-7-15(20)8-6-14/h3-9H,10H2,1-2H3. The Morgan fingerprint density at radius 2 is 1.76 bits per heavy atom. The Morgan fingerprint density at radius 1 is 1.08 bits per heavy atom. The van der Waals surface area contributed by atoms with E-state index in [1.165, 1.54) is 0 Å². The Bertz CT molecular complexity index is 946. The minimum absolute atomic E-state index is 0.254. The number of nitrogens with zero attached hydrogens (tertiary/aromatic N) is 2. The molecule has 0 radical (unpaired) electrons. The molecule has 0 atom stereocenters. The summed E-state index contributed by atoms with van der Waals surface area (Å²) in [4.78, 5) is 11.7. The highest BCUT2D eigenvalue weighted by Gasteiger charge is 2.20. The molecule has 2 aromatic carbocycles. The maximum absolute atomic E-state index is 11.7. The van der Waals surface area contributed by atoms with Gasteiger partial charge in [-0.15, -0.1) is 0 Å². The molecule has 0 aliphatic carbocycles. The van der Waals surface area contributed by atoms with E-state index in [0.29, 0.717) is 16.6 Å². The van der Waals surface area contributed by atoms with Gasteiger partial charge in [0.15, 0.2) is 0 Å². The predicted octanol–water partition coefficient (Wildman–Crippen LogP) is 5.90. The summed E-state index contributed by atoms with van der Waals surface area (Å²) in [6, 6.07) is 13.3. The van der Waals surface area contributed by atoms with Gasteiger partial charge in [0.2, 0.25) is 0 Å². The molecule has 0 amide bonds. The molecule has 1 heterocycles. The SMILES string of the molecule is Cc1ccc(Cn2nc(C(=O)Cl)c(C)c2-c2ccc(Cl)cc2)cc1Cl. The third-order valence-electron chi connectivity index (χ3n) is 4.06. The number of hydrogen-bond acceptors (Lipinski definition) is 2. The molecule has 0 bridgehead atoms. The molecule has 0 spiro atoms. The van der Waals surface area contributed by atoms with Crippen LogP contribution in [0.25, 0.3) is 11.3 Å². The van der Waals surface area contributed by atoms with Crippen LogP contribution < -0.4 is 0 Å². The molecule has 0 unspecified atom stereocenters. The van der Waals surface area contributed by atoms with Gasteiger partial charge in [-0.05, 0) is 54.8 Å². The lowest BCUT2D eigenvalue weighted by Gasteiger charge is -2.10. The number of rotatable bonds is 4. The van der Waals surface area contributed by atoms with Crippen molar-refractivity contribution in [1.82, 2.24) is 9.78 Å². The third-order valence-corrected chi connectivity index (χ3v) is 4.90. The van der Waals surface area contributed by atoms with Crippen LogP contribution in [0.2, 0.25) is 10.0 Å². The Labute approximate surface area is 161 Å². The molecular formula is C19H15Cl3N2O. The number of aryl methyl sites for hydroxylation is 1. The summed E-state index contributed by atoms with van der Waals surface area (Å²) in [7, 11) is 0. The minimum Gasteiger partial charge on any atom is -0.274 e. The summed E-state index contributed by atoms with van der Waals surface area (Å²) in [5, 5.41) is 5.18. The molecule has 0 saturated heterocycles. The first-order valence-electron chi connectivity index (χ1n) is 7.65. The number of carbonyl (C=O) groups excluding carboxylic acids is 1. The van der Waals surface area contributed by atoms with Gasteiger partial charge in [-0.3, -0.25) is 9.48 Å². The first-order valence-corrected chi connectivity index (χ1v) is 8.78. The maximum atomic E-state index is 11.7. The third kappa shape index (κ3) is 3.74. The zero-order chi connectivity index (χ0) is 18.1. The zero-order valence-corrected chi connectivity index (χ0v) is 16.0. The molecular weight excluding hydrogens is 379 g/mol. The van der Waals surface area contributed by atoms with Crippen LogP contribution >= 0.6 is 34.8 Å². The van der Waals surface area contributed by atoms with Crippen LogP contribution in [0.4, 0.5) is 0 Å². The molecule has 3 rings (SSSR count). The fraction of sp³-hybridized carbons (Fsp3) is 0.158.